The average Bonchev–Trinajstić information content (AvgIpc) is 2.75. The smallest absolute Gasteiger partial charge is 0.0731 e. The van der Waals surface area contributed by atoms with E-state index in [4.69, 9.17) is 0 Å². The Balaban J connectivity index is 2.06. The Hall–Kier alpha value is -1.78. The van der Waals surface area contributed by atoms with Gasteiger partial charge in [-0.05, 0) is 6.92 Å². The monoisotopic (exact) mass is 205 g/mol. The van der Waals surface area contributed by atoms with Crippen molar-refractivity contribution in [2.75, 3.05) is 5.32 Å². The van der Waals surface area contributed by atoms with Crippen molar-refractivity contribution in [3.63, 3.8) is 0 Å². The third-order valence-corrected chi connectivity index (χ3v) is 2.31. The lowest BCUT2D eigenvalue weighted by Crippen LogP contribution is -2.04. The number of aryl methyl sites for hydroxylation is 2. The third-order valence-electron chi connectivity index (χ3n) is 2.31. The SMILES string of the molecule is C[C@@H](Nc1cnn(C)c1)c1cnn(C)c1. The molecule has 5 heteroatoms. The van der Waals surface area contributed by atoms with Crippen molar-refractivity contribution < 1.29 is 0 Å². The van der Waals surface area contributed by atoms with Gasteiger partial charge in [0.25, 0.3) is 0 Å². The standard InChI is InChI=1S/C10H15N5/c1-8(9-4-11-14(2)6-9)13-10-5-12-15(3)7-10/h4-8,13H,1-3H3/t8-/m1/s1. The molecule has 2 aromatic heterocycles. The maximum atomic E-state index is 4.14. The average molecular weight is 205 g/mol. The predicted molar refractivity (Wildman–Crippen MR) is 58.5 cm³/mol. The van der Waals surface area contributed by atoms with Crippen LogP contribution in [0.1, 0.15) is 18.5 Å². The Kier molecular flexibility index (Phi) is 2.45. The van der Waals surface area contributed by atoms with Crippen LogP contribution in [-0.4, -0.2) is 19.6 Å². The van der Waals surface area contributed by atoms with Crippen molar-refractivity contribution >= 4 is 5.69 Å². The predicted octanol–water partition coefficient (Wildman–Crippen LogP) is 1.33. The Morgan fingerprint density at radius 2 is 1.80 bits per heavy atom. The zero-order valence-corrected chi connectivity index (χ0v) is 9.18. The van der Waals surface area contributed by atoms with E-state index in [0.717, 1.165) is 5.69 Å². The number of nitrogens with one attached hydrogen (secondary N) is 1. The fraction of sp³-hybridized carbons (Fsp3) is 0.400. The van der Waals surface area contributed by atoms with E-state index in [-0.39, 0.29) is 6.04 Å². The van der Waals surface area contributed by atoms with Crippen LogP contribution in [0.2, 0.25) is 0 Å². The number of hydrogen-bond donors (Lipinski definition) is 1. The largest absolute Gasteiger partial charge is 0.376 e. The molecule has 0 aliphatic carbocycles. The van der Waals surface area contributed by atoms with Crippen molar-refractivity contribution in [2.24, 2.45) is 14.1 Å². The zero-order valence-electron chi connectivity index (χ0n) is 9.18. The molecule has 0 saturated heterocycles. The topological polar surface area (TPSA) is 47.7 Å². The van der Waals surface area contributed by atoms with Crippen LogP contribution in [0.15, 0.2) is 24.8 Å². The lowest BCUT2D eigenvalue weighted by molar-refractivity contribution is 0.764. The van der Waals surface area contributed by atoms with Gasteiger partial charge in [0, 0.05) is 32.1 Å². The third kappa shape index (κ3) is 2.18. The van der Waals surface area contributed by atoms with Crippen molar-refractivity contribution in [1.29, 1.82) is 0 Å². The van der Waals surface area contributed by atoms with E-state index in [1.54, 1.807) is 9.36 Å². The summed E-state index contributed by atoms with van der Waals surface area (Å²) in [5.74, 6) is 0. The molecule has 0 unspecified atom stereocenters. The molecule has 0 bridgehead atoms. The van der Waals surface area contributed by atoms with E-state index >= 15 is 0 Å². The normalized spacial score (nSPS) is 12.7. The molecule has 2 rings (SSSR count). The van der Waals surface area contributed by atoms with Gasteiger partial charge in [-0.2, -0.15) is 10.2 Å². The van der Waals surface area contributed by atoms with E-state index in [0.29, 0.717) is 0 Å². The first-order chi connectivity index (χ1) is 7.15. The van der Waals surface area contributed by atoms with Crippen LogP contribution in [0.25, 0.3) is 0 Å². The van der Waals surface area contributed by atoms with Crippen LogP contribution in [0.3, 0.4) is 0 Å². The highest BCUT2D eigenvalue weighted by Crippen LogP contribution is 2.17. The molecule has 0 amide bonds. The van der Waals surface area contributed by atoms with Crippen molar-refractivity contribution in [2.45, 2.75) is 13.0 Å². The minimum atomic E-state index is 0.239. The molecule has 15 heavy (non-hydrogen) atoms. The molecular weight excluding hydrogens is 190 g/mol. The molecule has 0 spiro atoms. The van der Waals surface area contributed by atoms with Gasteiger partial charge < -0.3 is 5.32 Å². The van der Waals surface area contributed by atoms with Crippen LogP contribution in [0.4, 0.5) is 5.69 Å². The maximum Gasteiger partial charge on any atom is 0.0731 e. The fourth-order valence-corrected chi connectivity index (χ4v) is 1.49. The summed E-state index contributed by atoms with van der Waals surface area (Å²) in [5.41, 5.74) is 2.19. The molecule has 2 heterocycles. The van der Waals surface area contributed by atoms with Crippen LogP contribution >= 0.6 is 0 Å². The van der Waals surface area contributed by atoms with Gasteiger partial charge in [-0.25, -0.2) is 0 Å². The van der Waals surface area contributed by atoms with Crippen LogP contribution < -0.4 is 5.32 Å². The van der Waals surface area contributed by atoms with Gasteiger partial charge >= 0.3 is 0 Å². The maximum absolute atomic E-state index is 4.14. The summed E-state index contributed by atoms with van der Waals surface area (Å²) in [6.45, 7) is 2.10. The second kappa shape index (κ2) is 3.76. The van der Waals surface area contributed by atoms with Gasteiger partial charge in [0.05, 0.1) is 24.1 Å². The summed E-state index contributed by atoms with van der Waals surface area (Å²) < 4.78 is 3.58. The van der Waals surface area contributed by atoms with Gasteiger partial charge in [-0.3, -0.25) is 9.36 Å². The zero-order chi connectivity index (χ0) is 10.8. The van der Waals surface area contributed by atoms with E-state index < -0.39 is 0 Å². The van der Waals surface area contributed by atoms with Crippen molar-refractivity contribution in [3.8, 4) is 0 Å². The minimum Gasteiger partial charge on any atom is -0.376 e. The summed E-state index contributed by atoms with van der Waals surface area (Å²) in [4.78, 5) is 0. The number of rotatable bonds is 3. The van der Waals surface area contributed by atoms with Crippen LogP contribution in [0.5, 0.6) is 0 Å². The Morgan fingerprint density at radius 3 is 2.33 bits per heavy atom. The Morgan fingerprint density at radius 1 is 1.13 bits per heavy atom. The number of hydrogen-bond acceptors (Lipinski definition) is 3. The number of aromatic nitrogens is 4. The molecule has 0 saturated carbocycles. The van der Waals surface area contributed by atoms with Crippen LogP contribution in [0, 0.1) is 0 Å². The summed E-state index contributed by atoms with van der Waals surface area (Å²) >= 11 is 0. The molecule has 1 atom stereocenters. The van der Waals surface area contributed by atoms with E-state index in [9.17, 15) is 0 Å². The van der Waals surface area contributed by atoms with E-state index in [1.807, 2.05) is 38.9 Å². The second-order valence-electron chi connectivity index (χ2n) is 3.72. The number of anilines is 1. The first kappa shape index (κ1) is 9.76. The summed E-state index contributed by atoms with van der Waals surface area (Å²) in [5, 5.41) is 11.6. The molecule has 0 aromatic carbocycles. The lowest BCUT2D eigenvalue weighted by Gasteiger charge is -2.10. The van der Waals surface area contributed by atoms with Gasteiger partial charge in [0.1, 0.15) is 0 Å². The molecule has 5 nitrogen and oxygen atoms in total. The highest BCUT2D eigenvalue weighted by Gasteiger charge is 2.07. The Bertz CT molecular complexity index is 442. The first-order valence-electron chi connectivity index (χ1n) is 4.89. The first-order valence-corrected chi connectivity index (χ1v) is 4.89. The minimum absolute atomic E-state index is 0.239. The lowest BCUT2D eigenvalue weighted by atomic mass is 10.2. The van der Waals surface area contributed by atoms with Crippen molar-refractivity contribution in [3.05, 3.63) is 30.4 Å². The summed E-state index contributed by atoms with van der Waals surface area (Å²) in [7, 11) is 3.82. The summed E-state index contributed by atoms with van der Waals surface area (Å²) in [6.07, 6.45) is 7.64. The molecule has 0 aliphatic heterocycles. The molecule has 1 N–H and O–H groups in total. The fourth-order valence-electron chi connectivity index (χ4n) is 1.49. The van der Waals surface area contributed by atoms with Crippen LogP contribution in [-0.2, 0) is 14.1 Å². The molecule has 80 valence electrons. The molecule has 0 aliphatic rings. The van der Waals surface area contributed by atoms with Gasteiger partial charge in [-0.1, -0.05) is 0 Å². The molecule has 0 radical (unpaired) electrons. The molecular formula is C10H15N5. The van der Waals surface area contributed by atoms with Gasteiger partial charge in [0.15, 0.2) is 0 Å². The second-order valence-corrected chi connectivity index (χ2v) is 3.72. The van der Waals surface area contributed by atoms with Gasteiger partial charge in [-0.15, -0.1) is 0 Å². The Labute approximate surface area is 88.7 Å². The summed E-state index contributed by atoms with van der Waals surface area (Å²) in [6, 6.07) is 0.239. The highest BCUT2D eigenvalue weighted by molar-refractivity contribution is 5.40. The van der Waals surface area contributed by atoms with Gasteiger partial charge in [0.2, 0.25) is 0 Å². The quantitative estimate of drug-likeness (QED) is 0.822. The highest BCUT2D eigenvalue weighted by atomic mass is 15.3. The molecule has 0 fully saturated rings. The van der Waals surface area contributed by atoms with E-state index in [2.05, 4.69) is 22.4 Å². The number of nitrogens with zero attached hydrogens (tertiary/aromatic N) is 4. The van der Waals surface area contributed by atoms with Crippen molar-refractivity contribution in [1.82, 2.24) is 19.6 Å². The molecule has 2 aromatic rings. The van der Waals surface area contributed by atoms with E-state index in [1.165, 1.54) is 5.56 Å².